The Balaban J connectivity index is 1.47. The van der Waals surface area contributed by atoms with Crippen LogP contribution in [-0.4, -0.2) is 44.5 Å². The fourth-order valence-electron chi connectivity index (χ4n) is 5.28. The second-order valence-corrected chi connectivity index (χ2v) is 11.8. The quantitative estimate of drug-likeness (QED) is 0.574. The Bertz CT molecular complexity index is 989. The van der Waals surface area contributed by atoms with Crippen molar-refractivity contribution < 1.29 is 19.4 Å². The van der Waals surface area contributed by atoms with Gasteiger partial charge in [0.15, 0.2) is 0 Å². The smallest absolute Gasteiger partial charge is 0.408 e. The number of carbonyl (C=O) groups is 1. The van der Waals surface area contributed by atoms with E-state index < -0.39 is 5.60 Å². The van der Waals surface area contributed by atoms with Gasteiger partial charge in [-0.1, -0.05) is 6.92 Å². The Morgan fingerprint density at radius 1 is 1.30 bits per heavy atom. The third-order valence-electron chi connectivity index (χ3n) is 6.93. The molecule has 2 aliphatic carbocycles. The molecule has 2 aromatic rings. The summed E-state index contributed by atoms with van der Waals surface area (Å²) in [6, 6.07) is 0. The number of carbonyl (C=O) groups excluding carboxylic acids is 1. The molecule has 0 spiro atoms. The number of aryl methyl sites for hydroxylation is 1. The number of aliphatic hydroxyl groups excluding tert-OH is 1. The van der Waals surface area contributed by atoms with Crippen LogP contribution < -0.4 is 10.1 Å². The predicted molar refractivity (Wildman–Crippen MR) is 130 cm³/mol. The first-order valence-corrected chi connectivity index (χ1v) is 13.0. The first-order valence-electron chi connectivity index (χ1n) is 12.2. The molecular weight excluding hydrogens is 438 g/mol. The van der Waals surface area contributed by atoms with E-state index in [4.69, 9.17) is 9.47 Å². The van der Waals surface area contributed by atoms with Crippen molar-refractivity contribution in [2.24, 2.45) is 0 Å². The van der Waals surface area contributed by atoms with Crippen molar-refractivity contribution in [3.05, 3.63) is 16.8 Å². The molecule has 2 aromatic heterocycles. The normalized spacial score (nSPS) is 26.1. The summed E-state index contributed by atoms with van der Waals surface area (Å²) in [4.78, 5) is 23.8. The molecule has 2 N–H and O–H groups in total. The number of nitrogens with one attached hydrogen (secondary N) is 1. The van der Waals surface area contributed by atoms with Crippen LogP contribution in [0.25, 0.3) is 10.2 Å². The van der Waals surface area contributed by atoms with E-state index in [1.165, 1.54) is 10.4 Å². The third-order valence-corrected chi connectivity index (χ3v) is 8.11. The van der Waals surface area contributed by atoms with E-state index in [0.717, 1.165) is 61.6 Å². The lowest BCUT2D eigenvalue weighted by atomic mass is 9.78. The highest BCUT2D eigenvalue weighted by Gasteiger charge is 2.38. The van der Waals surface area contributed by atoms with E-state index in [-0.39, 0.29) is 23.8 Å². The highest BCUT2D eigenvalue weighted by Crippen LogP contribution is 2.48. The van der Waals surface area contributed by atoms with Gasteiger partial charge in [0, 0.05) is 10.4 Å². The van der Waals surface area contributed by atoms with E-state index in [1.54, 1.807) is 17.7 Å². The molecule has 2 unspecified atom stereocenters. The number of alkyl carbamates (subject to hydrolysis) is 1. The molecule has 0 bridgehead atoms. The molecule has 1 fully saturated rings. The fourth-order valence-corrected chi connectivity index (χ4v) is 6.52. The second kappa shape index (κ2) is 9.37. The molecule has 4 rings (SSSR count). The first-order chi connectivity index (χ1) is 15.6. The SMILES string of the molecule is CCC1(NC(=O)OC(C)(C)C)CCC(Oc2ncnc3sc4c(c23)C(CC(C)O)CC4)CC1. The van der Waals surface area contributed by atoms with E-state index in [2.05, 4.69) is 22.2 Å². The summed E-state index contributed by atoms with van der Waals surface area (Å²) < 4.78 is 12.0. The molecule has 2 atom stereocenters. The largest absolute Gasteiger partial charge is 0.474 e. The molecule has 1 saturated carbocycles. The van der Waals surface area contributed by atoms with Crippen LogP contribution in [0.1, 0.15) is 95.9 Å². The minimum absolute atomic E-state index is 0.0513. The summed E-state index contributed by atoms with van der Waals surface area (Å²) in [6.07, 6.45) is 8.05. The standard InChI is InChI=1S/C25H37N3O4S/c1-6-25(28-23(30)32-24(3,4)5)11-9-17(10-12-25)31-21-20-19-16(13-15(2)29)7-8-18(19)33-22(20)27-14-26-21/h14-17,29H,6-13H2,1-5H3,(H,28,30). The molecule has 182 valence electrons. The number of aromatic nitrogens is 2. The molecule has 0 aliphatic heterocycles. The van der Waals surface area contributed by atoms with Gasteiger partial charge >= 0.3 is 6.09 Å². The van der Waals surface area contributed by atoms with Gasteiger partial charge < -0.3 is 19.9 Å². The second-order valence-electron chi connectivity index (χ2n) is 10.7. The van der Waals surface area contributed by atoms with Gasteiger partial charge in [-0.05, 0) is 90.5 Å². The molecule has 0 aromatic carbocycles. The zero-order valence-corrected chi connectivity index (χ0v) is 21.3. The average molecular weight is 476 g/mol. The van der Waals surface area contributed by atoms with Crippen LogP contribution in [0.3, 0.4) is 0 Å². The molecule has 7 nitrogen and oxygen atoms in total. The molecule has 1 amide bonds. The number of ether oxygens (including phenoxy) is 2. The summed E-state index contributed by atoms with van der Waals surface area (Å²) in [6.45, 7) is 9.61. The summed E-state index contributed by atoms with van der Waals surface area (Å²) in [7, 11) is 0. The number of aliphatic hydroxyl groups is 1. The Labute approximate surface area is 200 Å². The van der Waals surface area contributed by atoms with Crippen molar-refractivity contribution in [3.8, 4) is 5.88 Å². The number of rotatable bonds is 6. The highest BCUT2D eigenvalue weighted by atomic mass is 32.1. The number of thiophene rings is 1. The Kier molecular flexibility index (Phi) is 6.87. The van der Waals surface area contributed by atoms with E-state index in [9.17, 15) is 9.90 Å². The number of fused-ring (bicyclic) bond motifs is 3. The Hall–Kier alpha value is -1.93. The minimum atomic E-state index is -0.510. The van der Waals surface area contributed by atoms with Gasteiger partial charge in [0.1, 0.15) is 22.9 Å². The topological polar surface area (TPSA) is 93.6 Å². The fraction of sp³-hybridized carbons (Fsp3) is 0.720. The monoisotopic (exact) mass is 475 g/mol. The van der Waals surface area contributed by atoms with Crippen molar-refractivity contribution in [1.29, 1.82) is 0 Å². The summed E-state index contributed by atoms with van der Waals surface area (Å²) in [5.74, 6) is 1.00. The van der Waals surface area contributed by atoms with Crippen LogP contribution in [0.4, 0.5) is 4.79 Å². The molecule has 2 heterocycles. The van der Waals surface area contributed by atoms with Gasteiger partial charge in [0.25, 0.3) is 0 Å². The van der Waals surface area contributed by atoms with Crippen molar-refractivity contribution in [2.75, 3.05) is 0 Å². The molecule has 2 aliphatic rings. The van der Waals surface area contributed by atoms with Crippen LogP contribution in [-0.2, 0) is 11.2 Å². The number of hydrogen-bond donors (Lipinski definition) is 2. The maximum Gasteiger partial charge on any atom is 0.408 e. The maximum absolute atomic E-state index is 12.4. The Morgan fingerprint density at radius 3 is 2.67 bits per heavy atom. The Morgan fingerprint density at radius 2 is 2.03 bits per heavy atom. The number of nitrogens with zero attached hydrogens (tertiary/aromatic N) is 2. The van der Waals surface area contributed by atoms with Crippen molar-refractivity contribution in [1.82, 2.24) is 15.3 Å². The average Bonchev–Trinajstić information content (AvgIpc) is 3.28. The van der Waals surface area contributed by atoms with Crippen LogP contribution >= 0.6 is 11.3 Å². The summed E-state index contributed by atoms with van der Waals surface area (Å²) in [5, 5.41) is 14.2. The van der Waals surface area contributed by atoms with E-state index in [1.807, 2.05) is 27.7 Å². The highest BCUT2D eigenvalue weighted by molar-refractivity contribution is 7.19. The van der Waals surface area contributed by atoms with Gasteiger partial charge in [-0.2, -0.15) is 0 Å². The van der Waals surface area contributed by atoms with Crippen molar-refractivity contribution in [2.45, 2.75) is 115 Å². The summed E-state index contributed by atoms with van der Waals surface area (Å²) in [5.41, 5.74) is 0.524. The zero-order valence-electron chi connectivity index (χ0n) is 20.4. The van der Waals surface area contributed by atoms with E-state index >= 15 is 0 Å². The number of amides is 1. The van der Waals surface area contributed by atoms with Gasteiger partial charge in [-0.25, -0.2) is 14.8 Å². The summed E-state index contributed by atoms with van der Waals surface area (Å²) >= 11 is 1.73. The maximum atomic E-state index is 12.4. The van der Waals surface area contributed by atoms with Gasteiger partial charge in [0.2, 0.25) is 5.88 Å². The lowest BCUT2D eigenvalue weighted by molar-refractivity contribution is 0.0355. The molecule has 33 heavy (non-hydrogen) atoms. The van der Waals surface area contributed by atoms with Crippen LogP contribution in [0.15, 0.2) is 6.33 Å². The van der Waals surface area contributed by atoms with Gasteiger partial charge in [0.05, 0.1) is 11.5 Å². The lowest BCUT2D eigenvalue weighted by Gasteiger charge is -2.40. The molecular formula is C25H37N3O4S. The van der Waals surface area contributed by atoms with Crippen molar-refractivity contribution in [3.63, 3.8) is 0 Å². The zero-order chi connectivity index (χ0) is 23.8. The minimum Gasteiger partial charge on any atom is -0.474 e. The molecule has 0 radical (unpaired) electrons. The van der Waals surface area contributed by atoms with Gasteiger partial charge in [-0.3, -0.25) is 0 Å². The molecule has 8 heteroatoms. The third kappa shape index (κ3) is 5.43. The predicted octanol–water partition coefficient (Wildman–Crippen LogP) is 5.49. The number of hydrogen-bond acceptors (Lipinski definition) is 7. The van der Waals surface area contributed by atoms with Crippen LogP contribution in [0, 0.1) is 0 Å². The van der Waals surface area contributed by atoms with Crippen molar-refractivity contribution >= 4 is 27.6 Å². The van der Waals surface area contributed by atoms with Crippen LogP contribution in [0.5, 0.6) is 5.88 Å². The molecule has 0 saturated heterocycles. The van der Waals surface area contributed by atoms with Gasteiger partial charge in [-0.15, -0.1) is 11.3 Å². The first kappa shape index (κ1) is 24.2. The van der Waals surface area contributed by atoms with Crippen LogP contribution in [0.2, 0.25) is 0 Å². The van der Waals surface area contributed by atoms with E-state index in [0.29, 0.717) is 11.8 Å². The lowest BCUT2D eigenvalue weighted by Crippen LogP contribution is -2.52.